The summed E-state index contributed by atoms with van der Waals surface area (Å²) in [5.41, 5.74) is 4.14. The zero-order valence-electron chi connectivity index (χ0n) is 12.3. The van der Waals surface area contributed by atoms with Gasteiger partial charge in [0.1, 0.15) is 0 Å². The summed E-state index contributed by atoms with van der Waals surface area (Å²) in [5.74, 6) is -0.419. The van der Waals surface area contributed by atoms with Crippen molar-refractivity contribution in [3.63, 3.8) is 0 Å². The molecule has 2 N–H and O–H groups in total. The third-order valence-corrected chi connectivity index (χ3v) is 3.59. The van der Waals surface area contributed by atoms with Gasteiger partial charge in [0.25, 0.3) is 0 Å². The highest BCUT2D eigenvalue weighted by Gasteiger charge is 2.16. The number of imidazole rings is 1. The van der Waals surface area contributed by atoms with E-state index < -0.39 is 5.97 Å². The number of aromatic nitrogens is 5. The second kappa shape index (κ2) is 5.20. The second-order valence-electron chi connectivity index (χ2n) is 5.02. The van der Waals surface area contributed by atoms with Crippen LogP contribution in [0.25, 0.3) is 33.2 Å². The monoisotopic (exact) mass is 307 g/mol. The maximum absolute atomic E-state index is 11.8. The number of carbonyl (C=O) groups excluding carboxylic acids is 1. The normalized spacial score (nSPS) is 11.2. The zero-order valence-corrected chi connectivity index (χ0v) is 12.3. The molecule has 4 aromatic rings. The first-order valence-electron chi connectivity index (χ1n) is 7.21. The van der Waals surface area contributed by atoms with E-state index >= 15 is 0 Å². The van der Waals surface area contributed by atoms with Crippen molar-refractivity contribution in [2.45, 2.75) is 6.92 Å². The molecular weight excluding hydrogens is 294 g/mol. The van der Waals surface area contributed by atoms with Crippen LogP contribution in [-0.2, 0) is 4.74 Å². The molecule has 0 spiro atoms. The quantitative estimate of drug-likeness (QED) is 0.567. The van der Waals surface area contributed by atoms with Gasteiger partial charge in [-0.1, -0.05) is 0 Å². The Balaban J connectivity index is 1.87. The number of ether oxygens (including phenoxy) is 1. The molecule has 0 saturated heterocycles. The van der Waals surface area contributed by atoms with Gasteiger partial charge in [-0.3, -0.25) is 10.1 Å². The molecule has 7 heteroatoms. The van der Waals surface area contributed by atoms with Crippen molar-refractivity contribution in [1.29, 1.82) is 0 Å². The summed E-state index contributed by atoms with van der Waals surface area (Å²) < 4.78 is 4.94. The molecule has 7 nitrogen and oxygen atoms in total. The lowest BCUT2D eigenvalue weighted by atomic mass is 10.1. The van der Waals surface area contributed by atoms with Gasteiger partial charge in [-0.2, -0.15) is 0 Å². The fraction of sp³-hybridized carbons (Fsp3) is 0.125. The highest BCUT2D eigenvalue weighted by molar-refractivity contribution is 6.01. The first-order valence-corrected chi connectivity index (χ1v) is 7.21. The van der Waals surface area contributed by atoms with Crippen molar-refractivity contribution in [3.8, 4) is 11.3 Å². The van der Waals surface area contributed by atoms with Crippen LogP contribution in [0.4, 0.5) is 0 Å². The van der Waals surface area contributed by atoms with Gasteiger partial charge < -0.3 is 9.84 Å². The predicted octanol–water partition coefficient (Wildman–Crippen LogP) is 2.68. The Morgan fingerprint density at radius 3 is 2.61 bits per heavy atom. The standard InChI is InChI=1S/C16H13N5O2/c1-2-23-16(22)15-18-12-7-10-11(8-13(12)19-15)20-21-14(10)9-3-5-17-6-4-9/h3-8,20-21H,2H2,1H3. The average Bonchev–Trinajstić information content (AvgIpc) is 3.17. The lowest BCUT2D eigenvalue weighted by Crippen LogP contribution is -2.06. The summed E-state index contributed by atoms with van der Waals surface area (Å²) in [4.78, 5) is 24.3. The number of fused-ring (bicyclic) bond motifs is 2. The SMILES string of the molecule is CCOC(=O)c1nc2cc3[nH][nH]c(-c4ccncc4)c3cc2n1. The molecule has 0 aliphatic rings. The topological polar surface area (TPSA) is 96.5 Å². The molecule has 0 radical (unpaired) electrons. The molecule has 3 heterocycles. The molecule has 1 aromatic carbocycles. The van der Waals surface area contributed by atoms with Gasteiger partial charge in [0, 0.05) is 23.3 Å². The van der Waals surface area contributed by atoms with Crippen LogP contribution < -0.4 is 0 Å². The maximum atomic E-state index is 11.8. The van der Waals surface area contributed by atoms with E-state index in [-0.39, 0.29) is 5.82 Å². The average molecular weight is 307 g/mol. The molecule has 3 aromatic heterocycles. The molecule has 0 unspecified atom stereocenters. The van der Waals surface area contributed by atoms with E-state index in [0.29, 0.717) is 17.6 Å². The first-order chi connectivity index (χ1) is 11.3. The fourth-order valence-electron chi connectivity index (χ4n) is 2.55. The Labute approximate surface area is 130 Å². The zero-order chi connectivity index (χ0) is 15.8. The number of rotatable bonds is 3. The Morgan fingerprint density at radius 2 is 1.87 bits per heavy atom. The predicted molar refractivity (Wildman–Crippen MR) is 84.9 cm³/mol. The molecule has 0 atom stereocenters. The molecular formula is C16H13N5O2. The number of hydrogen-bond donors (Lipinski definition) is 2. The fourth-order valence-corrected chi connectivity index (χ4v) is 2.55. The van der Waals surface area contributed by atoms with Crippen molar-refractivity contribution in [1.82, 2.24) is 25.1 Å². The van der Waals surface area contributed by atoms with E-state index in [4.69, 9.17) is 4.74 Å². The van der Waals surface area contributed by atoms with Crippen LogP contribution in [-0.4, -0.2) is 37.7 Å². The van der Waals surface area contributed by atoms with Gasteiger partial charge in [0.05, 0.1) is 28.9 Å². The minimum atomic E-state index is -0.506. The number of benzene rings is 1. The highest BCUT2D eigenvalue weighted by Crippen LogP contribution is 2.28. The first kappa shape index (κ1) is 13.4. The van der Waals surface area contributed by atoms with Crippen molar-refractivity contribution < 1.29 is 9.53 Å². The molecule has 0 aliphatic heterocycles. The van der Waals surface area contributed by atoms with Crippen LogP contribution in [0.5, 0.6) is 0 Å². The van der Waals surface area contributed by atoms with Crippen LogP contribution >= 0.6 is 0 Å². The van der Waals surface area contributed by atoms with Crippen molar-refractivity contribution in [3.05, 3.63) is 42.5 Å². The lowest BCUT2D eigenvalue weighted by molar-refractivity contribution is 0.0514. The smallest absolute Gasteiger partial charge is 0.376 e. The molecule has 4 rings (SSSR count). The number of pyridine rings is 1. The van der Waals surface area contributed by atoms with Crippen molar-refractivity contribution >= 4 is 27.9 Å². The number of carbonyl (C=O) groups is 1. The number of hydrogen-bond acceptors (Lipinski definition) is 5. The van der Waals surface area contributed by atoms with Gasteiger partial charge >= 0.3 is 5.97 Å². The Kier molecular flexibility index (Phi) is 3.04. The summed E-state index contributed by atoms with van der Waals surface area (Å²) >= 11 is 0. The van der Waals surface area contributed by atoms with Gasteiger partial charge in [-0.05, 0) is 31.2 Å². The largest absolute Gasteiger partial charge is 0.460 e. The third kappa shape index (κ3) is 2.22. The molecule has 0 fully saturated rings. The number of nitrogens with zero attached hydrogens (tertiary/aromatic N) is 3. The molecule has 0 saturated carbocycles. The van der Waals surface area contributed by atoms with E-state index in [1.165, 1.54) is 0 Å². The highest BCUT2D eigenvalue weighted by atomic mass is 16.5. The van der Waals surface area contributed by atoms with Crippen LogP contribution in [0, 0.1) is 0 Å². The number of aromatic amines is 2. The van der Waals surface area contributed by atoms with E-state index in [0.717, 1.165) is 22.2 Å². The Bertz CT molecular complexity index is 1000. The number of H-pyrrole nitrogens is 2. The van der Waals surface area contributed by atoms with Crippen LogP contribution in [0.3, 0.4) is 0 Å². The van der Waals surface area contributed by atoms with Gasteiger partial charge in [-0.25, -0.2) is 14.8 Å². The van der Waals surface area contributed by atoms with E-state index in [2.05, 4.69) is 25.1 Å². The molecule has 0 aliphatic carbocycles. The van der Waals surface area contributed by atoms with Gasteiger partial charge in [-0.15, -0.1) is 0 Å². The maximum Gasteiger partial charge on any atom is 0.376 e. The minimum Gasteiger partial charge on any atom is -0.460 e. The van der Waals surface area contributed by atoms with E-state index in [1.54, 1.807) is 19.3 Å². The summed E-state index contributed by atoms with van der Waals surface area (Å²) in [6.07, 6.45) is 3.48. The van der Waals surface area contributed by atoms with Crippen LogP contribution in [0.2, 0.25) is 0 Å². The Hall–Kier alpha value is -3.22. The molecule has 23 heavy (non-hydrogen) atoms. The van der Waals surface area contributed by atoms with Crippen molar-refractivity contribution in [2.24, 2.45) is 0 Å². The minimum absolute atomic E-state index is 0.0870. The van der Waals surface area contributed by atoms with E-state index in [1.807, 2.05) is 24.3 Å². The van der Waals surface area contributed by atoms with Crippen LogP contribution in [0.15, 0.2) is 36.7 Å². The summed E-state index contributed by atoms with van der Waals surface area (Å²) in [5, 5.41) is 7.24. The van der Waals surface area contributed by atoms with Crippen molar-refractivity contribution in [2.75, 3.05) is 6.61 Å². The van der Waals surface area contributed by atoms with Crippen LogP contribution in [0.1, 0.15) is 17.5 Å². The second-order valence-corrected chi connectivity index (χ2v) is 5.02. The molecule has 0 bridgehead atoms. The van der Waals surface area contributed by atoms with Gasteiger partial charge in [0.15, 0.2) is 0 Å². The summed E-state index contributed by atoms with van der Waals surface area (Å²) in [6, 6.07) is 7.61. The summed E-state index contributed by atoms with van der Waals surface area (Å²) in [7, 11) is 0. The summed E-state index contributed by atoms with van der Waals surface area (Å²) in [6.45, 7) is 2.05. The van der Waals surface area contributed by atoms with Gasteiger partial charge in [0.2, 0.25) is 5.82 Å². The number of esters is 1. The van der Waals surface area contributed by atoms with E-state index in [9.17, 15) is 4.79 Å². The third-order valence-electron chi connectivity index (χ3n) is 3.59. The molecule has 0 amide bonds. The number of nitrogens with one attached hydrogen (secondary N) is 2. The lowest BCUT2D eigenvalue weighted by Gasteiger charge is -1.97. The molecule has 114 valence electrons. The Morgan fingerprint density at radius 1 is 1.13 bits per heavy atom.